The molecule has 3 amide bonds. The highest BCUT2D eigenvalue weighted by molar-refractivity contribution is 6.31. The van der Waals surface area contributed by atoms with Crippen LogP contribution in [0.2, 0.25) is 5.02 Å². The molecule has 1 fully saturated rings. The van der Waals surface area contributed by atoms with Crippen molar-refractivity contribution in [2.24, 2.45) is 11.3 Å². The summed E-state index contributed by atoms with van der Waals surface area (Å²) in [6.07, 6.45) is 0.375. The van der Waals surface area contributed by atoms with E-state index in [9.17, 15) is 14.4 Å². The molecule has 0 spiro atoms. The third kappa shape index (κ3) is 6.20. The normalized spacial score (nSPS) is 14.7. The van der Waals surface area contributed by atoms with E-state index >= 15 is 0 Å². The summed E-state index contributed by atoms with van der Waals surface area (Å²) in [5, 5.41) is 0.580. The lowest BCUT2D eigenvalue weighted by atomic mass is 9.91. The van der Waals surface area contributed by atoms with E-state index in [0.717, 1.165) is 5.56 Å². The van der Waals surface area contributed by atoms with Crippen LogP contribution in [0.25, 0.3) is 0 Å². The number of benzene rings is 1. The second-order valence-electron chi connectivity index (χ2n) is 9.34. The second-order valence-corrected chi connectivity index (χ2v) is 9.75. The van der Waals surface area contributed by atoms with Crippen LogP contribution in [-0.2, 0) is 14.4 Å². The van der Waals surface area contributed by atoms with Gasteiger partial charge < -0.3 is 9.80 Å². The third-order valence-corrected chi connectivity index (χ3v) is 5.18. The maximum atomic E-state index is 12.9. The van der Waals surface area contributed by atoms with E-state index in [0.29, 0.717) is 23.7 Å². The number of carbonyl (C=O) groups excluding carboxylic acids is 3. The van der Waals surface area contributed by atoms with Crippen molar-refractivity contribution in [3.8, 4) is 0 Å². The zero-order valence-corrected chi connectivity index (χ0v) is 19.0. The molecule has 1 heterocycles. The minimum absolute atomic E-state index is 0.00770. The zero-order valence-electron chi connectivity index (χ0n) is 18.3. The smallest absolute Gasteiger partial charge is 0.248 e. The van der Waals surface area contributed by atoms with Crippen LogP contribution in [0.3, 0.4) is 0 Å². The Morgan fingerprint density at radius 3 is 2.48 bits per heavy atom. The molecule has 0 atom stereocenters. The summed E-state index contributed by atoms with van der Waals surface area (Å²) in [5.74, 6) is -0.159. The quantitative estimate of drug-likeness (QED) is 0.703. The first-order valence-electron chi connectivity index (χ1n) is 10.00. The molecule has 0 radical (unpaired) electrons. The van der Waals surface area contributed by atoms with Gasteiger partial charge in [0.15, 0.2) is 0 Å². The van der Waals surface area contributed by atoms with Crippen molar-refractivity contribution in [1.29, 1.82) is 0 Å². The van der Waals surface area contributed by atoms with Gasteiger partial charge in [-0.05, 0) is 36.0 Å². The van der Waals surface area contributed by atoms with Crippen LogP contribution in [-0.4, -0.2) is 53.8 Å². The Hall–Kier alpha value is -2.08. The molecule has 29 heavy (non-hydrogen) atoms. The number of hydrogen-bond acceptors (Lipinski definition) is 3. The van der Waals surface area contributed by atoms with E-state index in [4.69, 9.17) is 11.6 Å². The van der Waals surface area contributed by atoms with Crippen molar-refractivity contribution >= 4 is 35.0 Å². The molecule has 1 aliphatic rings. The predicted molar refractivity (Wildman–Crippen MR) is 116 cm³/mol. The van der Waals surface area contributed by atoms with Gasteiger partial charge >= 0.3 is 0 Å². The molecule has 1 aromatic rings. The minimum Gasteiger partial charge on any atom is -0.333 e. The standard InChI is InChI=1S/C22H32ClN3O3/c1-15(2)11-24(19(27)10-22(4,5)6)12-20(28)25-13-21(29)26(14-25)18-9-7-8-17(23)16(18)3/h7-9,15H,10-14H2,1-6H3. The van der Waals surface area contributed by atoms with Crippen molar-refractivity contribution in [2.75, 3.05) is 31.2 Å². The van der Waals surface area contributed by atoms with Gasteiger partial charge in [0.25, 0.3) is 0 Å². The Labute approximate surface area is 178 Å². The van der Waals surface area contributed by atoms with E-state index in [-0.39, 0.29) is 48.8 Å². The zero-order chi connectivity index (χ0) is 21.9. The fraction of sp³-hybridized carbons (Fsp3) is 0.591. The summed E-state index contributed by atoms with van der Waals surface area (Å²) in [4.78, 5) is 42.9. The number of nitrogens with zero attached hydrogens (tertiary/aromatic N) is 3. The summed E-state index contributed by atoms with van der Waals surface area (Å²) in [6, 6.07) is 5.39. The summed E-state index contributed by atoms with van der Waals surface area (Å²) < 4.78 is 0. The molecule has 160 valence electrons. The van der Waals surface area contributed by atoms with Crippen molar-refractivity contribution in [2.45, 2.75) is 48.0 Å². The molecule has 0 unspecified atom stereocenters. The molecule has 0 bridgehead atoms. The lowest BCUT2D eigenvalue weighted by Crippen LogP contribution is -2.44. The first kappa shape index (κ1) is 23.2. The minimum atomic E-state index is -0.219. The number of carbonyl (C=O) groups is 3. The topological polar surface area (TPSA) is 60.9 Å². The number of amides is 3. The molecule has 6 nitrogen and oxygen atoms in total. The van der Waals surface area contributed by atoms with E-state index in [1.54, 1.807) is 21.9 Å². The molecule has 0 aliphatic carbocycles. The van der Waals surface area contributed by atoms with Crippen molar-refractivity contribution in [3.05, 3.63) is 28.8 Å². The SMILES string of the molecule is Cc1c(Cl)cccc1N1CN(C(=O)CN(CC(C)C)C(=O)CC(C)(C)C)CC1=O. The molecule has 0 aromatic heterocycles. The molecule has 0 saturated carbocycles. The fourth-order valence-corrected chi connectivity index (χ4v) is 3.51. The molecule has 7 heteroatoms. The number of anilines is 1. The lowest BCUT2D eigenvalue weighted by molar-refractivity contribution is -0.141. The average molecular weight is 422 g/mol. The monoisotopic (exact) mass is 421 g/mol. The Balaban J connectivity index is 2.11. The van der Waals surface area contributed by atoms with E-state index in [2.05, 4.69) is 0 Å². The van der Waals surface area contributed by atoms with Gasteiger partial charge in [-0.3, -0.25) is 19.3 Å². The molecule has 1 aromatic carbocycles. The van der Waals surface area contributed by atoms with Crippen molar-refractivity contribution < 1.29 is 14.4 Å². The Bertz CT molecular complexity index is 786. The molecule has 1 saturated heterocycles. The van der Waals surface area contributed by atoms with Gasteiger partial charge in [-0.15, -0.1) is 0 Å². The van der Waals surface area contributed by atoms with E-state index in [1.807, 2.05) is 47.6 Å². The van der Waals surface area contributed by atoms with Gasteiger partial charge in [-0.25, -0.2) is 0 Å². The van der Waals surface area contributed by atoms with Crippen molar-refractivity contribution in [1.82, 2.24) is 9.80 Å². The van der Waals surface area contributed by atoms with E-state index in [1.165, 1.54) is 4.90 Å². The van der Waals surface area contributed by atoms with Gasteiger partial charge in [0.1, 0.15) is 13.2 Å². The summed E-state index contributed by atoms with van der Waals surface area (Å²) in [6.45, 7) is 12.6. The van der Waals surface area contributed by atoms with Gasteiger partial charge in [-0.1, -0.05) is 52.3 Å². The number of halogens is 1. The van der Waals surface area contributed by atoms with Crippen LogP contribution in [0.15, 0.2) is 18.2 Å². The van der Waals surface area contributed by atoms with Gasteiger partial charge in [0.05, 0.1) is 6.54 Å². The van der Waals surface area contributed by atoms with Crippen LogP contribution in [0.1, 0.15) is 46.6 Å². The summed E-state index contributed by atoms with van der Waals surface area (Å²) in [7, 11) is 0. The highest BCUT2D eigenvalue weighted by Gasteiger charge is 2.34. The maximum absolute atomic E-state index is 12.9. The summed E-state index contributed by atoms with van der Waals surface area (Å²) >= 11 is 6.18. The van der Waals surface area contributed by atoms with E-state index < -0.39 is 0 Å². The highest BCUT2D eigenvalue weighted by Crippen LogP contribution is 2.29. The van der Waals surface area contributed by atoms with Gasteiger partial charge in [0.2, 0.25) is 17.7 Å². The Morgan fingerprint density at radius 2 is 1.90 bits per heavy atom. The van der Waals surface area contributed by atoms with Gasteiger partial charge in [-0.2, -0.15) is 0 Å². The van der Waals surface area contributed by atoms with Crippen LogP contribution in [0, 0.1) is 18.3 Å². The van der Waals surface area contributed by atoms with Crippen LogP contribution in [0.5, 0.6) is 0 Å². The maximum Gasteiger partial charge on any atom is 0.248 e. The van der Waals surface area contributed by atoms with Crippen LogP contribution < -0.4 is 4.90 Å². The van der Waals surface area contributed by atoms with Crippen LogP contribution >= 0.6 is 11.6 Å². The first-order chi connectivity index (χ1) is 13.4. The highest BCUT2D eigenvalue weighted by atomic mass is 35.5. The van der Waals surface area contributed by atoms with Crippen molar-refractivity contribution in [3.63, 3.8) is 0 Å². The Kier molecular flexibility index (Phi) is 7.33. The Morgan fingerprint density at radius 1 is 1.24 bits per heavy atom. The average Bonchev–Trinajstić information content (AvgIpc) is 2.96. The molecule has 1 aliphatic heterocycles. The number of hydrogen-bond donors (Lipinski definition) is 0. The van der Waals surface area contributed by atoms with Gasteiger partial charge in [0, 0.05) is 23.7 Å². The predicted octanol–water partition coefficient (Wildman–Crippen LogP) is 3.70. The second kappa shape index (κ2) is 9.16. The molecule has 0 N–H and O–H groups in total. The van der Waals surface area contributed by atoms with Crippen LogP contribution in [0.4, 0.5) is 5.69 Å². The molecular weight excluding hydrogens is 390 g/mol. The molecule has 2 rings (SSSR count). The number of rotatable bonds is 6. The molecular formula is C22H32ClN3O3. The lowest BCUT2D eigenvalue weighted by Gasteiger charge is -2.29. The fourth-order valence-electron chi connectivity index (χ4n) is 3.34. The third-order valence-electron chi connectivity index (χ3n) is 4.77. The first-order valence-corrected chi connectivity index (χ1v) is 10.4. The largest absolute Gasteiger partial charge is 0.333 e. The summed E-state index contributed by atoms with van der Waals surface area (Å²) in [5.41, 5.74) is 1.36.